The molecule has 0 radical (unpaired) electrons. The van der Waals surface area contributed by atoms with E-state index in [1.165, 1.54) is 9.47 Å². The molecule has 0 aliphatic heterocycles. The lowest BCUT2D eigenvalue weighted by Gasteiger charge is -2.21. The molecule has 184 valence electrons. The van der Waals surface area contributed by atoms with Crippen molar-refractivity contribution in [3.63, 3.8) is 0 Å². The Morgan fingerprint density at radius 3 is 2.44 bits per heavy atom. The highest BCUT2D eigenvalue weighted by molar-refractivity contribution is 5.94. The normalized spacial score (nSPS) is 12.9. The molecule has 5 rings (SSSR count). The van der Waals surface area contributed by atoms with E-state index >= 15 is 0 Å². The van der Waals surface area contributed by atoms with Crippen molar-refractivity contribution >= 4 is 23.2 Å². The molecule has 1 fully saturated rings. The first-order chi connectivity index (χ1) is 17.4. The molecule has 4 N–H and O–H groups in total. The molecule has 1 aliphatic carbocycles. The molecule has 2 aromatic carbocycles. The van der Waals surface area contributed by atoms with Crippen molar-refractivity contribution < 1.29 is 4.79 Å². The topological polar surface area (TPSA) is 131 Å². The summed E-state index contributed by atoms with van der Waals surface area (Å²) >= 11 is 0. The third-order valence-electron chi connectivity index (χ3n) is 6.15. The highest BCUT2D eigenvalue weighted by Crippen LogP contribution is 2.40. The number of likely N-dealkylation sites (N-methyl/N-ethyl adjacent to an activating group) is 1. The van der Waals surface area contributed by atoms with E-state index in [1.54, 1.807) is 11.7 Å². The molecule has 0 unspecified atom stereocenters. The molecule has 2 aromatic heterocycles. The van der Waals surface area contributed by atoms with Crippen LogP contribution in [-0.4, -0.2) is 38.8 Å². The fourth-order valence-corrected chi connectivity index (χ4v) is 4.18. The lowest BCUT2D eigenvalue weighted by molar-refractivity contribution is -0.115. The van der Waals surface area contributed by atoms with Gasteiger partial charge in [0.2, 0.25) is 5.91 Å². The molecule has 0 atom stereocenters. The Balaban J connectivity index is 1.38. The van der Waals surface area contributed by atoms with E-state index in [1.807, 2.05) is 66.7 Å². The van der Waals surface area contributed by atoms with Crippen LogP contribution in [0.25, 0.3) is 5.69 Å². The lowest BCUT2D eigenvalue weighted by Crippen LogP contribution is -2.40. The van der Waals surface area contributed by atoms with E-state index in [-0.39, 0.29) is 30.5 Å². The number of rotatable bonds is 8. The maximum Gasteiger partial charge on any atom is 0.330 e. The SMILES string of the molecule is CN(CC(=O)Nc1cc(C2CC2)nn1-c1ccccc1)c1c(N)n(Cc2ccccc2)c(=O)[nH]c1=O. The van der Waals surface area contributed by atoms with Crippen molar-refractivity contribution in [1.29, 1.82) is 0 Å². The molecule has 1 aliphatic rings. The number of nitrogens with two attached hydrogens (primary N) is 1. The zero-order valence-corrected chi connectivity index (χ0v) is 19.8. The molecule has 36 heavy (non-hydrogen) atoms. The summed E-state index contributed by atoms with van der Waals surface area (Å²) in [5.74, 6) is 0.611. The third-order valence-corrected chi connectivity index (χ3v) is 6.15. The quantitative estimate of drug-likeness (QED) is 0.351. The number of aromatic amines is 1. The number of aromatic nitrogens is 4. The van der Waals surface area contributed by atoms with Crippen molar-refractivity contribution in [3.05, 3.63) is 98.8 Å². The number of carbonyl (C=O) groups is 1. The van der Waals surface area contributed by atoms with Crippen LogP contribution in [0.1, 0.15) is 30.0 Å². The van der Waals surface area contributed by atoms with Gasteiger partial charge in [0.25, 0.3) is 5.56 Å². The number of amides is 1. The van der Waals surface area contributed by atoms with Gasteiger partial charge in [-0.05, 0) is 30.5 Å². The minimum absolute atomic E-state index is 0.00625. The van der Waals surface area contributed by atoms with E-state index in [0.29, 0.717) is 11.7 Å². The van der Waals surface area contributed by atoms with Gasteiger partial charge in [-0.3, -0.25) is 19.1 Å². The zero-order chi connectivity index (χ0) is 25.2. The highest BCUT2D eigenvalue weighted by Gasteiger charge is 2.28. The fourth-order valence-electron chi connectivity index (χ4n) is 4.18. The van der Waals surface area contributed by atoms with Crippen LogP contribution in [0.3, 0.4) is 0 Å². The number of nitrogen functional groups attached to an aromatic ring is 1. The molecule has 10 heteroatoms. The second kappa shape index (κ2) is 9.57. The Bertz CT molecular complexity index is 1500. The molecule has 1 saturated carbocycles. The van der Waals surface area contributed by atoms with Crippen LogP contribution in [-0.2, 0) is 11.3 Å². The number of para-hydroxylation sites is 1. The maximum absolute atomic E-state index is 13.0. The number of H-pyrrole nitrogens is 1. The van der Waals surface area contributed by atoms with Crippen LogP contribution in [0.2, 0.25) is 0 Å². The number of anilines is 3. The molecule has 2 heterocycles. The third kappa shape index (κ3) is 4.78. The van der Waals surface area contributed by atoms with Crippen LogP contribution in [0.4, 0.5) is 17.3 Å². The van der Waals surface area contributed by atoms with Gasteiger partial charge in [-0.2, -0.15) is 5.10 Å². The average molecular weight is 486 g/mol. The summed E-state index contributed by atoms with van der Waals surface area (Å²) in [5.41, 5.74) is 7.68. The molecular formula is C26H27N7O3. The summed E-state index contributed by atoms with van der Waals surface area (Å²) in [4.78, 5) is 41.9. The van der Waals surface area contributed by atoms with Gasteiger partial charge in [0.05, 0.1) is 24.5 Å². The fraction of sp³-hybridized carbons (Fsp3) is 0.231. The Labute approximate surface area is 207 Å². The monoisotopic (exact) mass is 485 g/mol. The molecule has 0 bridgehead atoms. The zero-order valence-electron chi connectivity index (χ0n) is 19.8. The molecule has 1 amide bonds. The van der Waals surface area contributed by atoms with Crippen LogP contribution in [0.15, 0.2) is 76.3 Å². The number of carbonyl (C=O) groups excluding carboxylic acids is 1. The number of hydrogen-bond acceptors (Lipinski definition) is 6. The minimum Gasteiger partial charge on any atom is -0.383 e. The molecule has 0 saturated heterocycles. The van der Waals surface area contributed by atoms with Crippen molar-refractivity contribution in [2.45, 2.75) is 25.3 Å². The first-order valence-corrected chi connectivity index (χ1v) is 11.7. The Morgan fingerprint density at radius 2 is 1.78 bits per heavy atom. The van der Waals surface area contributed by atoms with Gasteiger partial charge >= 0.3 is 5.69 Å². The maximum atomic E-state index is 13.0. The van der Waals surface area contributed by atoms with Crippen LogP contribution in [0, 0.1) is 0 Å². The standard InChI is InChI=1S/C26H27N7O3/c1-31(23-24(27)32(26(36)29-25(23)35)15-17-8-4-2-5-9-17)16-22(34)28-21-14-20(18-12-13-18)30-33(21)19-10-6-3-7-11-19/h2-11,14,18H,12-13,15-16,27H2,1H3,(H,28,34)(H,29,35,36). The van der Waals surface area contributed by atoms with E-state index in [9.17, 15) is 14.4 Å². The summed E-state index contributed by atoms with van der Waals surface area (Å²) in [6.45, 7) is 0.0328. The van der Waals surface area contributed by atoms with Gasteiger partial charge in [-0.1, -0.05) is 48.5 Å². The Hall–Kier alpha value is -4.60. The predicted molar refractivity (Wildman–Crippen MR) is 139 cm³/mol. The van der Waals surface area contributed by atoms with Gasteiger partial charge < -0.3 is 16.0 Å². The van der Waals surface area contributed by atoms with Crippen molar-refractivity contribution in [3.8, 4) is 5.69 Å². The number of nitrogens with zero attached hydrogens (tertiary/aromatic N) is 4. The number of nitrogens with one attached hydrogen (secondary N) is 2. The lowest BCUT2D eigenvalue weighted by atomic mass is 10.2. The average Bonchev–Trinajstić information content (AvgIpc) is 3.63. The molecular weight excluding hydrogens is 458 g/mol. The summed E-state index contributed by atoms with van der Waals surface area (Å²) in [6.07, 6.45) is 2.17. The largest absolute Gasteiger partial charge is 0.383 e. The number of hydrogen-bond donors (Lipinski definition) is 3. The van der Waals surface area contributed by atoms with Crippen molar-refractivity contribution in [2.24, 2.45) is 0 Å². The molecule has 0 spiro atoms. The second-order valence-corrected chi connectivity index (χ2v) is 8.95. The van der Waals surface area contributed by atoms with Crippen LogP contribution < -0.4 is 27.2 Å². The predicted octanol–water partition coefficient (Wildman–Crippen LogP) is 2.31. The minimum atomic E-state index is -0.651. The second-order valence-electron chi connectivity index (χ2n) is 8.95. The van der Waals surface area contributed by atoms with Gasteiger partial charge in [0.1, 0.15) is 17.3 Å². The van der Waals surface area contributed by atoms with Crippen LogP contribution >= 0.6 is 0 Å². The van der Waals surface area contributed by atoms with Gasteiger partial charge in [0, 0.05) is 19.0 Å². The first kappa shape index (κ1) is 23.2. The Morgan fingerprint density at radius 1 is 1.11 bits per heavy atom. The Kier molecular flexibility index (Phi) is 6.16. The van der Waals surface area contributed by atoms with E-state index < -0.39 is 11.2 Å². The summed E-state index contributed by atoms with van der Waals surface area (Å²) in [7, 11) is 1.59. The van der Waals surface area contributed by atoms with E-state index in [0.717, 1.165) is 29.8 Å². The summed E-state index contributed by atoms with van der Waals surface area (Å²) < 4.78 is 3.00. The molecule has 4 aromatic rings. The number of benzene rings is 2. The van der Waals surface area contributed by atoms with E-state index in [4.69, 9.17) is 10.8 Å². The first-order valence-electron chi connectivity index (χ1n) is 11.7. The smallest absolute Gasteiger partial charge is 0.330 e. The van der Waals surface area contributed by atoms with Crippen LogP contribution in [0.5, 0.6) is 0 Å². The van der Waals surface area contributed by atoms with Gasteiger partial charge in [-0.15, -0.1) is 0 Å². The van der Waals surface area contributed by atoms with Crippen molar-refractivity contribution in [2.75, 3.05) is 29.5 Å². The van der Waals surface area contributed by atoms with Gasteiger partial charge in [-0.25, -0.2) is 9.48 Å². The summed E-state index contributed by atoms with van der Waals surface area (Å²) in [6, 6.07) is 20.8. The van der Waals surface area contributed by atoms with Crippen molar-refractivity contribution in [1.82, 2.24) is 19.3 Å². The summed E-state index contributed by atoms with van der Waals surface area (Å²) in [5, 5.41) is 7.61. The molecule has 10 nitrogen and oxygen atoms in total. The van der Waals surface area contributed by atoms with E-state index in [2.05, 4.69) is 10.3 Å². The highest BCUT2D eigenvalue weighted by atomic mass is 16.2. The van der Waals surface area contributed by atoms with Gasteiger partial charge in [0.15, 0.2) is 0 Å².